The molecule has 0 spiro atoms. The fourth-order valence-corrected chi connectivity index (χ4v) is 1.66. The van der Waals surface area contributed by atoms with E-state index in [0.717, 1.165) is 12.1 Å². The maximum Gasteiger partial charge on any atom is 0.158 e. The lowest BCUT2D eigenvalue weighted by molar-refractivity contribution is 0.178. The maximum atomic E-state index is 13.7. The number of methoxy groups -OCH3 is 1. The maximum absolute atomic E-state index is 13.7. The first-order valence-corrected chi connectivity index (χ1v) is 5.84. The van der Waals surface area contributed by atoms with Crippen LogP contribution in [-0.2, 0) is 11.3 Å². The number of halogens is 2. The third-order valence-corrected chi connectivity index (χ3v) is 2.58. The number of anilines is 3. The van der Waals surface area contributed by atoms with Gasteiger partial charge in [-0.05, 0) is 18.6 Å². The molecule has 0 amide bonds. The second kappa shape index (κ2) is 5.79. The lowest BCUT2D eigenvalue weighted by Crippen LogP contribution is -2.05. The Morgan fingerprint density at radius 2 is 1.95 bits per heavy atom. The van der Waals surface area contributed by atoms with Gasteiger partial charge in [0.25, 0.3) is 0 Å². The number of benzene rings is 1. The highest BCUT2D eigenvalue weighted by atomic mass is 19.1. The SMILES string of the molecule is COCc1nc(N)cc(Nc2cc(F)c(C)cc2F)n1. The van der Waals surface area contributed by atoms with Crippen LogP contribution in [0.15, 0.2) is 18.2 Å². The van der Waals surface area contributed by atoms with Crippen LogP contribution < -0.4 is 11.1 Å². The molecule has 2 aromatic rings. The van der Waals surface area contributed by atoms with Crippen LogP contribution >= 0.6 is 0 Å². The molecule has 0 saturated heterocycles. The van der Waals surface area contributed by atoms with Gasteiger partial charge in [-0.25, -0.2) is 18.7 Å². The van der Waals surface area contributed by atoms with Crippen molar-refractivity contribution in [2.75, 3.05) is 18.2 Å². The number of nitrogens with zero attached hydrogens (tertiary/aromatic N) is 2. The van der Waals surface area contributed by atoms with E-state index in [9.17, 15) is 8.78 Å². The zero-order chi connectivity index (χ0) is 14.7. The average Bonchev–Trinajstić information content (AvgIpc) is 2.35. The number of nitrogens with one attached hydrogen (secondary N) is 1. The molecule has 0 aliphatic heterocycles. The van der Waals surface area contributed by atoms with E-state index >= 15 is 0 Å². The molecule has 1 aromatic carbocycles. The number of aromatic nitrogens is 2. The first-order valence-electron chi connectivity index (χ1n) is 5.84. The van der Waals surface area contributed by atoms with E-state index in [4.69, 9.17) is 10.5 Å². The highest BCUT2D eigenvalue weighted by molar-refractivity contribution is 5.59. The molecule has 106 valence electrons. The van der Waals surface area contributed by atoms with E-state index in [1.165, 1.54) is 20.1 Å². The molecule has 0 fully saturated rings. The zero-order valence-electron chi connectivity index (χ0n) is 11.1. The van der Waals surface area contributed by atoms with E-state index in [1.807, 2.05) is 0 Å². The van der Waals surface area contributed by atoms with Crippen LogP contribution in [0.2, 0.25) is 0 Å². The van der Waals surface area contributed by atoms with Crippen LogP contribution in [0.1, 0.15) is 11.4 Å². The monoisotopic (exact) mass is 280 g/mol. The van der Waals surface area contributed by atoms with E-state index in [0.29, 0.717) is 5.82 Å². The average molecular weight is 280 g/mol. The van der Waals surface area contributed by atoms with Gasteiger partial charge in [0.05, 0.1) is 5.69 Å². The smallest absolute Gasteiger partial charge is 0.158 e. The minimum atomic E-state index is -0.575. The summed E-state index contributed by atoms with van der Waals surface area (Å²) >= 11 is 0. The molecule has 0 radical (unpaired) electrons. The van der Waals surface area contributed by atoms with Crippen molar-refractivity contribution in [2.45, 2.75) is 13.5 Å². The molecule has 0 aliphatic rings. The fraction of sp³-hybridized carbons (Fsp3) is 0.231. The predicted octanol–water partition coefficient (Wildman–Crippen LogP) is 2.54. The van der Waals surface area contributed by atoms with E-state index < -0.39 is 11.6 Å². The molecule has 0 bridgehead atoms. The van der Waals surface area contributed by atoms with Crippen molar-refractivity contribution in [2.24, 2.45) is 0 Å². The van der Waals surface area contributed by atoms with Crippen molar-refractivity contribution in [3.63, 3.8) is 0 Å². The summed E-state index contributed by atoms with van der Waals surface area (Å²) in [7, 11) is 1.49. The highest BCUT2D eigenvalue weighted by Gasteiger charge is 2.09. The summed E-state index contributed by atoms with van der Waals surface area (Å²) in [4.78, 5) is 8.05. The Labute approximate surface area is 114 Å². The van der Waals surface area contributed by atoms with E-state index in [-0.39, 0.29) is 29.5 Å². The Kier molecular flexibility index (Phi) is 4.09. The molecule has 5 nitrogen and oxygen atoms in total. The topological polar surface area (TPSA) is 73.1 Å². The van der Waals surface area contributed by atoms with Crippen molar-refractivity contribution < 1.29 is 13.5 Å². The molecule has 0 aliphatic carbocycles. The van der Waals surface area contributed by atoms with Crippen LogP contribution in [-0.4, -0.2) is 17.1 Å². The van der Waals surface area contributed by atoms with Crippen molar-refractivity contribution in [1.29, 1.82) is 0 Å². The standard InChI is InChI=1S/C13H14F2N4O/c1-7-3-9(15)10(4-8(7)14)17-12-5-11(16)18-13(19-12)6-20-2/h3-5H,6H2,1-2H3,(H3,16,17,18,19). The van der Waals surface area contributed by atoms with Gasteiger partial charge in [-0.1, -0.05) is 0 Å². The highest BCUT2D eigenvalue weighted by Crippen LogP contribution is 2.22. The Balaban J connectivity index is 2.32. The number of hydrogen-bond acceptors (Lipinski definition) is 5. The van der Waals surface area contributed by atoms with Gasteiger partial charge in [0.2, 0.25) is 0 Å². The van der Waals surface area contributed by atoms with Crippen LogP contribution in [0.5, 0.6) is 0 Å². The number of nitrogens with two attached hydrogens (primary N) is 1. The summed E-state index contributed by atoms with van der Waals surface area (Å²) in [6, 6.07) is 3.60. The van der Waals surface area contributed by atoms with Gasteiger partial charge in [-0.15, -0.1) is 0 Å². The van der Waals surface area contributed by atoms with Crippen molar-refractivity contribution >= 4 is 17.3 Å². The van der Waals surface area contributed by atoms with Gasteiger partial charge < -0.3 is 15.8 Å². The van der Waals surface area contributed by atoms with Gasteiger partial charge in [-0.2, -0.15) is 0 Å². The zero-order valence-corrected chi connectivity index (χ0v) is 11.1. The molecular formula is C13H14F2N4O. The van der Waals surface area contributed by atoms with Crippen molar-refractivity contribution in [3.8, 4) is 0 Å². The molecule has 0 unspecified atom stereocenters. The largest absolute Gasteiger partial charge is 0.384 e. The van der Waals surface area contributed by atoms with Crippen molar-refractivity contribution in [3.05, 3.63) is 41.2 Å². The summed E-state index contributed by atoms with van der Waals surface area (Å²) in [5, 5.41) is 2.68. The lowest BCUT2D eigenvalue weighted by Gasteiger charge is -2.10. The summed E-state index contributed by atoms with van der Waals surface area (Å²) in [6.07, 6.45) is 0. The molecule has 1 aromatic heterocycles. The van der Waals surface area contributed by atoms with Crippen LogP contribution in [0.25, 0.3) is 0 Å². The minimum absolute atomic E-state index is 0.0189. The molecule has 3 N–H and O–H groups in total. The quantitative estimate of drug-likeness (QED) is 0.900. The van der Waals surface area contributed by atoms with E-state index in [2.05, 4.69) is 15.3 Å². The number of aryl methyl sites for hydroxylation is 1. The third kappa shape index (κ3) is 3.18. The van der Waals surface area contributed by atoms with Gasteiger partial charge in [0.15, 0.2) is 5.82 Å². The molecular weight excluding hydrogens is 266 g/mol. The summed E-state index contributed by atoms with van der Waals surface area (Å²) in [6.45, 7) is 1.66. The second-order valence-electron chi connectivity index (χ2n) is 4.23. The van der Waals surface area contributed by atoms with Crippen molar-refractivity contribution in [1.82, 2.24) is 9.97 Å². The van der Waals surface area contributed by atoms with Crippen LogP contribution in [0.4, 0.5) is 26.1 Å². The third-order valence-electron chi connectivity index (χ3n) is 2.58. The number of ether oxygens (including phenoxy) is 1. The molecule has 0 saturated carbocycles. The normalized spacial score (nSPS) is 10.6. The fourth-order valence-electron chi connectivity index (χ4n) is 1.66. The number of hydrogen-bond donors (Lipinski definition) is 2. The molecule has 2 rings (SSSR count). The molecule has 1 heterocycles. The summed E-state index contributed by atoms with van der Waals surface area (Å²) in [5.41, 5.74) is 5.83. The Hall–Kier alpha value is -2.28. The first-order chi connectivity index (χ1) is 9.49. The summed E-state index contributed by atoms with van der Waals surface area (Å²) in [5.74, 6) is -0.250. The Morgan fingerprint density at radius 3 is 2.65 bits per heavy atom. The Bertz CT molecular complexity index is 634. The lowest BCUT2D eigenvalue weighted by atomic mass is 10.2. The Morgan fingerprint density at radius 1 is 1.20 bits per heavy atom. The minimum Gasteiger partial charge on any atom is -0.384 e. The molecule has 7 heteroatoms. The van der Waals surface area contributed by atoms with Crippen LogP contribution in [0.3, 0.4) is 0 Å². The number of rotatable bonds is 4. The van der Waals surface area contributed by atoms with Gasteiger partial charge in [-0.3, -0.25) is 0 Å². The first kappa shape index (κ1) is 14.1. The van der Waals surface area contributed by atoms with E-state index in [1.54, 1.807) is 0 Å². The molecule has 0 atom stereocenters. The molecule has 20 heavy (non-hydrogen) atoms. The van der Waals surface area contributed by atoms with Gasteiger partial charge in [0, 0.05) is 19.2 Å². The van der Waals surface area contributed by atoms with Gasteiger partial charge >= 0.3 is 0 Å². The van der Waals surface area contributed by atoms with Gasteiger partial charge in [0.1, 0.15) is 29.9 Å². The predicted molar refractivity (Wildman–Crippen MR) is 71.5 cm³/mol. The second-order valence-corrected chi connectivity index (χ2v) is 4.23. The number of nitrogen functional groups attached to an aromatic ring is 1. The van der Waals surface area contributed by atoms with Crippen LogP contribution in [0, 0.1) is 18.6 Å². The summed E-state index contributed by atoms with van der Waals surface area (Å²) < 4.78 is 32.1.